The van der Waals surface area contributed by atoms with Crippen molar-refractivity contribution in [1.29, 1.82) is 5.26 Å². The number of Topliss-reactive ketones (excluding diaryl/α,β-unsaturated/α-hetero) is 1. The van der Waals surface area contributed by atoms with Gasteiger partial charge in [-0.05, 0) is 61.7 Å². The van der Waals surface area contributed by atoms with E-state index in [2.05, 4.69) is 11.4 Å². The normalized spacial score (nSPS) is 12.3. The van der Waals surface area contributed by atoms with Gasteiger partial charge in [0.25, 0.3) is 0 Å². The highest BCUT2D eigenvalue weighted by Gasteiger charge is 2.24. The maximum Gasteiger partial charge on any atom is 0.220 e. The quantitative estimate of drug-likeness (QED) is 0.390. The predicted molar refractivity (Wildman–Crippen MR) is 119 cm³/mol. The molecule has 6 heteroatoms. The van der Waals surface area contributed by atoms with Crippen LogP contribution in [0.3, 0.4) is 0 Å². The van der Waals surface area contributed by atoms with Crippen LogP contribution in [-0.4, -0.2) is 25.9 Å². The fourth-order valence-corrected chi connectivity index (χ4v) is 3.23. The van der Waals surface area contributed by atoms with Gasteiger partial charge in [0.05, 0.1) is 20.3 Å². The van der Waals surface area contributed by atoms with Gasteiger partial charge in [-0.1, -0.05) is 25.0 Å². The fraction of sp³-hybridized carbons (Fsp3) is 0.400. The lowest BCUT2D eigenvalue weighted by Gasteiger charge is -2.19. The zero-order chi connectivity index (χ0) is 22.6. The van der Waals surface area contributed by atoms with E-state index < -0.39 is 6.04 Å². The number of ether oxygens (including phenoxy) is 2. The molecule has 0 spiro atoms. The van der Waals surface area contributed by atoms with Crippen LogP contribution in [-0.2, 0) is 4.79 Å². The zero-order valence-electron chi connectivity index (χ0n) is 18.4. The molecule has 0 saturated heterocycles. The van der Waals surface area contributed by atoms with Crippen LogP contribution < -0.4 is 14.8 Å². The third-order valence-corrected chi connectivity index (χ3v) is 5.15. The highest BCUT2D eigenvalue weighted by atomic mass is 16.5. The summed E-state index contributed by atoms with van der Waals surface area (Å²) in [7, 11) is 3.15. The smallest absolute Gasteiger partial charge is 0.220 e. The summed E-state index contributed by atoms with van der Waals surface area (Å²) in [5.74, 6) is 1.01. The highest BCUT2D eigenvalue weighted by molar-refractivity contribution is 6.02. The Kier molecular flexibility index (Phi) is 9.57. The SMILES string of the molecule is COc1ccc(C(=O)[C@@H](NC(=O)CCCCCC(C)C#N)c2ccc(OC)cc2)cc1. The Morgan fingerprint density at radius 2 is 1.52 bits per heavy atom. The number of amides is 1. The first kappa shape index (κ1) is 23.9. The molecule has 31 heavy (non-hydrogen) atoms. The summed E-state index contributed by atoms with van der Waals surface area (Å²) in [6, 6.07) is 15.4. The predicted octanol–water partition coefficient (Wildman–Crippen LogP) is 4.85. The number of hydrogen-bond donors (Lipinski definition) is 1. The first-order valence-corrected chi connectivity index (χ1v) is 10.5. The number of unbranched alkanes of at least 4 members (excludes halogenated alkanes) is 2. The minimum atomic E-state index is -0.787. The molecule has 0 heterocycles. The molecule has 2 atom stereocenters. The van der Waals surface area contributed by atoms with Gasteiger partial charge in [0, 0.05) is 17.9 Å². The van der Waals surface area contributed by atoms with Gasteiger partial charge >= 0.3 is 0 Å². The van der Waals surface area contributed by atoms with Crippen molar-refractivity contribution in [2.45, 2.75) is 45.1 Å². The van der Waals surface area contributed by atoms with Crippen LogP contribution in [0.25, 0.3) is 0 Å². The number of ketones is 1. The molecule has 164 valence electrons. The number of nitriles is 1. The molecule has 0 aliphatic rings. The summed E-state index contributed by atoms with van der Waals surface area (Å²) in [5, 5.41) is 11.7. The average Bonchev–Trinajstić information content (AvgIpc) is 2.81. The Morgan fingerprint density at radius 1 is 0.935 bits per heavy atom. The van der Waals surface area contributed by atoms with Crippen molar-refractivity contribution in [1.82, 2.24) is 5.32 Å². The monoisotopic (exact) mass is 422 g/mol. The molecule has 0 saturated carbocycles. The molecule has 0 aliphatic carbocycles. The standard InChI is InChI=1S/C25H30N2O4/c1-18(17-26)7-5-4-6-8-23(28)27-24(19-9-13-21(30-2)14-10-19)25(29)20-11-15-22(31-3)16-12-20/h9-16,18,24H,4-8H2,1-3H3,(H,27,28)/t18?,24-/m0/s1. The summed E-state index contributed by atoms with van der Waals surface area (Å²) in [4.78, 5) is 25.8. The zero-order valence-corrected chi connectivity index (χ0v) is 18.4. The van der Waals surface area contributed by atoms with Gasteiger partial charge in [-0.15, -0.1) is 0 Å². The summed E-state index contributed by atoms with van der Waals surface area (Å²) in [6.07, 6.45) is 3.68. The summed E-state index contributed by atoms with van der Waals surface area (Å²) in [5.41, 5.74) is 1.19. The Labute approximate surface area is 184 Å². The summed E-state index contributed by atoms with van der Waals surface area (Å²) < 4.78 is 10.4. The minimum Gasteiger partial charge on any atom is -0.497 e. The molecular weight excluding hydrogens is 392 g/mol. The second-order valence-electron chi connectivity index (χ2n) is 7.50. The largest absolute Gasteiger partial charge is 0.497 e. The first-order valence-electron chi connectivity index (χ1n) is 10.5. The molecule has 1 amide bonds. The van der Waals surface area contributed by atoms with Crippen LogP contribution in [0, 0.1) is 17.2 Å². The molecule has 0 radical (unpaired) electrons. The van der Waals surface area contributed by atoms with Crippen LogP contribution in [0.1, 0.15) is 61.0 Å². The van der Waals surface area contributed by atoms with Crippen molar-refractivity contribution in [3.8, 4) is 17.6 Å². The first-order chi connectivity index (χ1) is 15.0. The van der Waals surface area contributed by atoms with Gasteiger partial charge in [-0.3, -0.25) is 9.59 Å². The molecule has 2 aromatic rings. The number of nitrogens with zero attached hydrogens (tertiary/aromatic N) is 1. The summed E-state index contributed by atoms with van der Waals surface area (Å²) in [6.45, 7) is 1.90. The molecule has 2 rings (SSSR count). The highest BCUT2D eigenvalue weighted by Crippen LogP contribution is 2.23. The second kappa shape index (κ2) is 12.4. The van der Waals surface area contributed by atoms with E-state index in [4.69, 9.17) is 14.7 Å². The van der Waals surface area contributed by atoms with Crippen LogP contribution in [0.15, 0.2) is 48.5 Å². The van der Waals surface area contributed by atoms with E-state index >= 15 is 0 Å². The van der Waals surface area contributed by atoms with Crippen LogP contribution in [0.2, 0.25) is 0 Å². The van der Waals surface area contributed by atoms with Gasteiger partial charge in [0.2, 0.25) is 5.91 Å². The molecule has 1 N–H and O–H groups in total. The third-order valence-electron chi connectivity index (χ3n) is 5.15. The van der Waals surface area contributed by atoms with Crippen LogP contribution in [0.5, 0.6) is 11.5 Å². The number of hydrogen-bond acceptors (Lipinski definition) is 5. The Morgan fingerprint density at radius 3 is 2.06 bits per heavy atom. The van der Waals surface area contributed by atoms with Gasteiger partial charge in [-0.2, -0.15) is 5.26 Å². The van der Waals surface area contributed by atoms with E-state index in [-0.39, 0.29) is 17.6 Å². The van der Waals surface area contributed by atoms with Crippen molar-refractivity contribution in [3.05, 3.63) is 59.7 Å². The van der Waals surface area contributed by atoms with Gasteiger partial charge in [0.1, 0.15) is 17.5 Å². The van der Waals surface area contributed by atoms with E-state index in [0.717, 1.165) is 25.7 Å². The Balaban J connectivity index is 2.07. The lowest BCUT2D eigenvalue weighted by Crippen LogP contribution is -2.33. The van der Waals surface area contributed by atoms with Gasteiger partial charge in [-0.25, -0.2) is 0 Å². The molecule has 0 bridgehead atoms. The number of benzene rings is 2. The second-order valence-corrected chi connectivity index (χ2v) is 7.50. The molecular formula is C25H30N2O4. The van der Waals surface area contributed by atoms with Crippen molar-refractivity contribution in [2.24, 2.45) is 5.92 Å². The molecule has 0 aliphatic heterocycles. The van der Waals surface area contributed by atoms with E-state index in [1.54, 1.807) is 62.8 Å². The van der Waals surface area contributed by atoms with E-state index in [0.29, 0.717) is 29.0 Å². The molecule has 2 aromatic carbocycles. The lowest BCUT2D eigenvalue weighted by atomic mass is 9.96. The van der Waals surface area contributed by atoms with Crippen molar-refractivity contribution in [2.75, 3.05) is 14.2 Å². The Bertz CT molecular complexity index is 885. The lowest BCUT2D eigenvalue weighted by molar-refractivity contribution is -0.121. The van der Waals surface area contributed by atoms with E-state index in [9.17, 15) is 9.59 Å². The number of rotatable bonds is 12. The van der Waals surface area contributed by atoms with Gasteiger partial charge in [0.15, 0.2) is 5.78 Å². The van der Waals surface area contributed by atoms with E-state index in [1.165, 1.54) is 0 Å². The summed E-state index contributed by atoms with van der Waals surface area (Å²) >= 11 is 0. The maximum atomic E-state index is 13.2. The molecule has 6 nitrogen and oxygen atoms in total. The van der Waals surface area contributed by atoms with Crippen molar-refractivity contribution < 1.29 is 19.1 Å². The number of carbonyl (C=O) groups excluding carboxylic acids is 2. The fourth-order valence-electron chi connectivity index (χ4n) is 3.23. The minimum absolute atomic E-state index is 0.0374. The van der Waals surface area contributed by atoms with Crippen LogP contribution >= 0.6 is 0 Å². The van der Waals surface area contributed by atoms with Crippen molar-refractivity contribution in [3.63, 3.8) is 0 Å². The number of methoxy groups -OCH3 is 2. The number of nitrogens with one attached hydrogen (secondary N) is 1. The molecule has 1 unspecified atom stereocenters. The topological polar surface area (TPSA) is 88.4 Å². The van der Waals surface area contributed by atoms with Crippen molar-refractivity contribution >= 4 is 11.7 Å². The third kappa shape index (κ3) is 7.45. The van der Waals surface area contributed by atoms with Gasteiger partial charge < -0.3 is 14.8 Å². The van der Waals surface area contributed by atoms with E-state index in [1.807, 2.05) is 6.92 Å². The molecule has 0 fully saturated rings. The molecule has 0 aromatic heterocycles. The number of carbonyl (C=O) groups is 2. The maximum absolute atomic E-state index is 13.2. The van der Waals surface area contributed by atoms with Crippen LogP contribution in [0.4, 0.5) is 0 Å². The Hall–Kier alpha value is -3.33. The average molecular weight is 423 g/mol.